The topological polar surface area (TPSA) is 26.0 Å². The summed E-state index contributed by atoms with van der Waals surface area (Å²) in [6, 6.07) is 4.21. The number of hydrogen-bond acceptors (Lipinski definition) is 1. The fourth-order valence-corrected chi connectivity index (χ4v) is 2.25. The van der Waals surface area contributed by atoms with Crippen LogP contribution < -0.4 is 5.73 Å². The van der Waals surface area contributed by atoms with E-state index < -0.39 is 18.6 Å². The van der Waals surface area contributed by atoms with Crippen molar-refractivity contribution in [3.8, 4) is 0 Å². The molecule has 1 aromatic rings. The molecule has 0 bridgehead atoms. The molecule has 0 amide bonds. The average molecular weight is 317 g/mol. The highest BCUT2D eigenvalue weighted by Gasteiger charge is 2.28. The number of alkyl halides is 3. The largest absolute Gasteiger partial charge is 0.389 e. The zero-order chi connectivity index (χ0) is 12.3. The quantitative estimate of drug-likeness (QED) is 0.876. The minimum absolute atomic E-state index is 0.135. The van der Waals surface area contributed by atoms with Gasteiger partial charge in [0.1, 0.15) is 0 Å². The van der Waals surface area contributed by atoms with Gasteiger partial charge in [-0.05, 0) is 24.1 Å². The Hall–Kier alpha value is -0.260. The van der Waals surface area contributed by atoms with Crippen molar-refractivity contribution in [1.29, 1.82) is 0 Å². The second kappa shape index (κ2) is 5.38. The van der Waals surface area contributed by atoms with Gasteiger partial charge in [-0.2, -0.15) is 13.2 Å². The van der Waals surface area contributed by atoms with Crippen molar-refractivity contribution >= 4 is 27.5 Å². The van der Waals surface area contributed by atoms with Gasteiger partial charge in [0.25, 0.3) is 0 Å². The van der Waals surface area contributed by atoms with Crippen LogP contribution in [-0.4, -0.2) is 6.18 Å². The third-order valence-electron chi connectivity index (χ3n) is 2.10. The van der Waals surface area contributed by atoms with Crippen molar-refractivity contribution in [2.45, 2.75) is 25.1 Å². The summed E-state index contributed by atoms with van der Waals surface area (Å²) >= 11 is 8.94. The maximum atomic E-state index is 12.0. The summed E-state index contributed by atoms with van der Waals surface area (Å²) in [6.07, 6.45) is -5.19. The van der Waals surface area contributed by atoms with E-state index in [-0.39, 0.29) is 6.42 Å². The van der Waals surface area contributed by atoms with Crippen LogP contribution in [0.4, 0.5) is 13.2 Å². The Morgan fingerprint density at radius 2 is 2.00 bits per heavy atom. The van der Waals surface area contributed by atoms with E-state index in [1.807, 2.05) is 0 Å². The second-order valence-corrected chi connectivity index (χ2v) is 4.72. The molecule has 0 spiro atoms. The Kier molecular flexibility index (Phi) is 4.64. The van der Waals surface area contributed by atoms with Gasteiger partial charge in [-0.1, -0.05) is 33.6 Å². The van der Waals surface area contributed by atoms with Crippen molar-refractivity contribution in [2.24, 2.45) is 5.73 Å². The summed E-state index contributed by atoms with van der Waals surface area (Å²) in [5.74, 6) is 0. The molecule has 1 rings (SSSR count). The number of halogens is 5. The first kappa shape index (κ1) is 13.8. The molecule has 16 heavy (non-hydrogen) atoms. The van der Waals surface area contributed by atoms with Crippen molar-refractivity contribution in [3.63, 3.8) is 0 Å². The van der Waals surface area contributed by atoms with Gasteiger partial charge in [0, 0.05) is 22.0 Å². The fourth-order valence-electron chi connectivity index (χ4n) is 1.28. The first-order valence-electron chi connectivity index (χ1n) is 4.57. The van der Waals surface area contributed by atoms with Crippen LogP contribution in [-0.2, 0) is 0 Å². The van der Waals surface area contributed by atoms with E-state index in [1.165, 1.54) is 0 Å². The third-order valence-corrected chi connectivity index (χ3v) is 3.02. The molecular weight excluding hydrogens is 306 g/mol. The van der Waals surface area contributed by atoms with Crippen LogP contribution in [0, 0.1) is 0 Å². The normalized spacial score (nSPS) is 13.9. The van der Waals surface area contributed by atoms with Crippen LogP contribution in [0.3, 0.4) is 0 Å². The minimum Gasteiger partial charge on any atom is -0.324 e. The van der Waals surface area contributed by atoms with Crippen LogP contribution in [0.1, 0.15) is 24.4 Å². The predicted octanol–water partition coefficient (Wildman–Crippen LogP) is 4.44. The van der Waals surface area contributed by atoms with Crippen LogP contribution in [0.5, 0.6) is 0 Å². The molecule has 0 fully saturated rings. The molecule has 1 atom stereocenters. The number of nitrogens with two attached hydrogens (primary N) is 1. The van der Waals surface area contributed by atoms with E-state index >= 15 is 0 Å². The lowest BCUT2D eigenvalue weighted by molar-refractivity contribution is -0.136. The first-order chi connectivity index (χ1) is 7.29. The van der Waals surface area contributed by atoms with Gasteiger partial charge in [0.2, 0.25) is 0 Å². The zero-order valence-electron chi connectivity index (χ0n) is 8.19. The van der Waals surface area contributed by atoms with Gasteiger partial charge in [0.15, 0.2) is 0 Å². The van der Waals surface area contributed by atoms with E-state index in [2.05, 4.69) is 15.9 Å². The lowest BCUT2D eigenvalue weighted by Gasteiger charge is -2.15. The predicted molar refractivity (Wildman–Crippen MR) is 61.4 cm³/mol. The molecule has 0 aliphatic carbocycles. The van der Waals surface area contributed by atoms with E-state index in [1.54, 1.807) is 18.2 Å². The highest BCUT2D eigenvalue weighted by molar-refractivity contribution is 9.10. The monoisotopic (exact) mass is 315 g/mol. The first-order valence-corrected chi connectivity index (χ1v) is 5.74. The molecule has 1 aromatic carbocycles. The molecule has 0 saturated carbocycles. The molecule has 1 unspecified atom stereocenters. The fraction of sp³-hybridized carbons (Fsp3) is 0.400. The molecule has 0 aliphatic heterocycles. The van der Waals surface area contributed by atoms with E-state index in [4.69, 9.17) is 17.3 Å². The lowest BCUT2D eigenvalue weighted by atomic mass is 10.0. The highest BCUT2D eigenvalue weighted by atomic mass is 79.9. The SMILES string of the molecule is NC(CCC(F)(F)F)c1ccc(Cl)cc1Br. The van der Waals surface area contributed by atoms with E-state index in [0.29, 0.717) is 15.1 Å². The number of benzene rings is 1. The minimum atomic E-state index is -4.17. The second-order valence-electron chi connectivity index (χ2n) is 3.43. The van der Waals surface area contributed by atoms with Gasteiger partial charge in [-0.3, -0.25) is 0 Å². The summed E-state index contributed by atoms with van der Waals surface area (Å²) in [5.41, 5.74) is 6.31. The van der Waals surface area contributed by atoms with Gasteiger partial charge in [-0.25, -0.2) is 0 Å². The molecule has 0 aromatic heterocycles. The molecular formula is C10H10BrClF3N. The van der Waals surface area contributed by atoms with Gasteiger partial charge in [-0.15, -0.1) is 0 Å². The Balaban J connectivity index is 2.70. The maximum Gasteiger partial charge on any atom is 0.389 e. The third kappa shape index (κ3) is 4.31. The van der Waals surface area contributed by atoms with Gasteiger partial charge >= 0.3 is 6.18 Å². The summed E-state index contributed by atoms with van der Waals surface area (Å²) in [7, 11) is 0. The van der Waals surface area contributed by atoms with Crippen LogP contribution in [0.2, 0.25) is 5.02 Å². The van der Waals surface area contributed by atoms with Crippen molar-refractivity contribution in [3.05, 3.63) is 33.3 Å². The van der Waals surface area contributed by atoms with Crippen LogP contribution in [0.25, 0.3) is 0 Å². The molecule has 0 radical (unpaired) electrons. The molecule has 90 valence electrons. The van der Waals surface area contributed by atoms with Crippen molar-refractivity contribution in [1.82, 2.24) is 0 Å². The zero-order valence-corrected chi connectivity index (χ0v) is 10.5. The average Bonchev–Trinajstić information content (AvgIpc) is 2.13. The molecule has 0 aliphatic rings. The molecule has 2 N–H and O–H groups in total. The number of rotatable bonds is 3. The van der Waals surface area contributed by atoms with Crippen molar-refractivity contribution in [2.75, 3.05) is 0 Å². The van der Waals surface area contributed by atoms with E-state index in [0.717, 1.165) is 0 Å². The summed E-state index contributed by atoms with van der Waals surface area (Å²) in [5, 5.41) is 0.513. The Morgan fingerprint density at radius 3 is 2.50 bits per heavy atom. The van der Waals surface area contributed by atoms with Crippen LogP contribution in [0.15, 0.2) is 22.7 Å². The van der Waals surface area contributed by atoms with E-state index in [9.17, 15) is 13.2 Å². The van der Waals surface area contributed by atoms with Gasteiger partial charge in [0.05, 0.1) is 0 Å². The Labute approximate surface area is 105 Å². The molecule has 0 heterocycles. The summed E-state index contributed by atoms with van der Waals surface area (Å²) in [4.78, 5) is 0. The maximum absolute atomic E-state index is 12.0. The molecule has 0 saturated heterocycles. The summed E-state index contributed by atoms with van der Waals surface area (Å²) in [6.45, 7) is 0. The standard InChI is InChI=1S/C10H10BrClF3N/c11-8-5-6(12)1-2-7(8)9(16)3-4-10(13,14)15/h1-2,5,9H,3-4,16H2. The summed E-state index contributed by atoms with van der Waals surface area (Å²) < 4.78 is 36.7. The highest BCUT2D eigenvalue weighted by Crippen LogP contribution is 2.31. The van der Waals surface area contributed by atoms with Gasteiger partial charge < -0.3 is 5.73 Å². The molecule has 1 nitrogen and oxygen atoms in total. The van der Waals surface area contributed by atoms with Crippen molar-refractivity contribution < 1.29 is 13.2 Å². The molecule has 6 heteroatoms. The Morgan fingerprint density at radius 1 is 1.38 bits per heavy atom. The number of hydrogen-bond donors (Lipinski definition) is 1. The smallest absolute Gasteiger partial charge is 0.324 e. The Bertz CT molecular complexity index is 368. The lowest BCUT2D eigenvalue weighted by Crippen LogP contribution is -2.16. The van der Waals surface area contributed by atoms with Crippen LogP contribution >= 0.6 is 27.5 Å².